The second kappa shape index (κ2) is 4.89. The first-order valence-corrected chi connectivity index (χ1v) is 6.15. The standard InChI is InChI=1S/C11H12F3N5O/c12-11(13,14)2-1-9-18-10(20-19-9)7-3-6-8(4-15-7)17-5-16-6/h5,7,15H,1-4H2,(H,16,17). The van der Waals surface area contributed by atoms with Gasteiger partial charge in [0.25, 0.3) is 0 Å². The number of fused-ring (bicyclic) bond motifs is 1. The quantitative estimate of drug-likeness (QED) is 0.897. The molecule has 3 heterocycles. The van der Waals surface area contributed by atoms with E-state index in [1.54, 1.807) is 6.33 Å². The number of nitrogens with zero attached hydrogens (tertiary/aromatic N) is 3. The Labute approximate surface area is 111 Å². The number of hydrogen-bond acceptors (Lipinski definition) is 5. The van der Waals surface area contributed by atoms with Crippen LogP contribution in [0.1, 0.15) is 35.6 Å². The number of H-pyrrole nitrogens is 1. The van der Waals surface area contributed by atoms with Gasteiger partial charge in [-0.3, -0.25) is 5.32 Å². The Hall–Kier alpha value is -1.90. The fourth-order valence-electron chi connectivity index (χ4n) is 2.11. The molecule has 0 aromatic carbocycles. The van der Waals surface area contributed by atoms with Gasteiger partial charge in [-0.2, -0.15) is 18.2 Å². The number of aryl methyl sites for hydroxylation is 1. The fraction of sp³-hybridized carbons (Fsp3) is 0.545. The molecule has 0 aliphatic carbocycles. The minimum atomic E-state index is -4.21. The van der Waals surface area contributed by atoms with E-state index in [-0.39, 0.29) is 18.3 Å². The number of imidazole rings is 1. The molecule has 1 atom stereocenters. The average molecular weight is 287 g/mol. The maximum Gasteiger partial charge on any atom is 0.389 e. The van der Waals surface area contributed by atoms with Crippen molar-refractivity contribution in [1.82, 2.24) is 25.4 Å². The van der Waals surface area contributed by atoms with Gasteiger partial charge in [-0.05, 0) is 0 Å². The molecule has 3 rings (SSSR count). The second-order valence-electron chi connectivity index (χ2n) is 4.63. The van der Waals surface area contributed by atoms with Gasteiger partial charge in [-0.25, -0.2) is 4.98 Å². The highest BCUT2D eigenvalue weighted by molar-refractivity contribution is 5.17. The molecule has 0 spiro atoms. The largest absolute Gasteiger partial charge is 0.389 e. The van der Waals surface area contributed by atoms with E-state index in [9.17, 15) is 13.2 Å². The third-order valence-corrected chi connectivity index (χ3v) is 3.14. The highest BCUT2D eigenvalue weighted by atomic mass is 19.4. The summed E-state index contributed by atoms with van der Waals surface area (Å²) in [5, 5.41) is 6.76. The van der Waals surface area contributed by atoms with Crippen LogP contribution in [0.4, 0.5) is 13.2 Å². The summed E-state index contributed by atoms with van der Waals surface area (Å²) in [4.78, 5) is 11.2. The highest BCUT2D eigenvalue weighted by Gasteiger charge is 2.29. The summed E-state index contributed by atoms with van der Waals surface area (Å²) in [6.07, 6.45) is -3.26. The number of aromatic amines is 1. The van der Waals surface area contributed by atoms with Crippen LogP contribution in [-0.2, 0) is 19.4 Å². The van der Waals surface area contributed by atoms with Crippen LogP contribution in [0.2, 0.25) is 0 Å². The van der Waals surface area contributed by atoms with Crippen molar-refractivity contribution in [3.8, 4) is 0 Å². The van der Waals surface area contributed by atoms with Crippen molar-refractivity contribution >= 4 is 0 Å². The van der Waals surface area contributed by atoms with Crippen molar-refractivity contribution in [3.05, 3.63) is 29.4 Å². The van der Waals surface area contributed by atoms with Crippen LogP contribution < -0.4 is 5.32 Å². The molecule has 2 aromatic rings. The van der Waals surface area contributed by atoms with Crippen molar-refractivity contribution in [3.63, 3.8) is 0 Å². The maximum atomic E-state index is 12.1. The predicted octanol–water partition coefficient (Wildman–Crippen LogP) is 1.67. The summed E-state index contributed by atoms with van der Waals surface area (Å²) in [5.74, 6) is 0.378. The molecule has 0 saturated carbocycles. The van der Waals surface area contributed by atoms with Crippen LogP contribution in [0.3, 0.4) is 0 Å². The zero-order valence-electron chi connectivity index (χ0n) is 10.4. The molecular weight excluding hydrogens is 275 g/mol. The monoisotopic (exact) mass is 287 g/mol. The smallest absolute Gasteiger partial charge is 0.347 e. The Morgan fingerprint density at radius 3 is 3.05 bits per heavy atom. The molecule has 20 heavy (non-hydrogen) atoms. The van der Waals surface area contributed by atoms with Crippen molar-refractivity contribution in [2.45, 2.75) is 38.0 Å². The third kappa shape index (κ3) is 2.82. The number of hydrogen-bond donors (Lipinski definition) is 2. The van der Waals surface area contributed by atoms with E-state index < -0.39 is 12.6 Å². The van der Waals surface area contributed by atoms with Crippen LogP contribution in [0.25, 0.3) is 0 Å². The SMILES string of the molecule is FC(F)(F)CCc1noc(C2Cc3nc[nH]c3CN2)n1. The van der Waals surface area contributed by atoms with E-state index in [2.05, 4.69) is 25.4 Å². The first-order chi connectivity index (χ1) is 9.51. The first-order valence-electron chi connectivity index (χ1n) is 6.15. The van der Waals surface area contributed by atoms with Gasteiger partial charge >= 0.3 is 6.18 Å². The molecule has 1 aliphatic rings. The van der Waals surface area contributed by atoms with E-state index in [0.717, 1.165) is 11.4 Å². The van der Waals surface area contributed by atoms with E-state index in [4.69, 9.17) is 4.52 Å². The lowest BCUT2D eigenvalue weighted by Crippen LogP contribution is -2.28. The number of nitrogens with one attached hydrogen (secondary N) is 2. The summed E-state index contributed by atoms with van der Waals surface area (Å²) in [6, 6.07) is -0.210. The van der Waals surface area contributed by atoms with Gasteiger partial charge in [0, 0.05) is 19.4 Å². The molecule has 1 unspecified atom stereocenters. The van der Waals surface area contributed by atoms with Crippen molar-refractivity contribution in [1.29, 1.82) is 0 Å². The predicted molar refractivity (Wildman–Crippen MR) is 60.5 cm³/mol. The molecule has 0 bridgehead atoms. The lowest BCUT2D eigenvalue weighted by atomic mass is 10.1. The average Bonchev–Trinajstić information content (AvgIpc) is 3.03. The molecule has 2 N–H and O–H groups in total. The Kier molecular flexibility index (Phi) is 3.20. The summed E-state index contributed by atoms with van der Waals surface area (Å²) in [5.41, 5.74) is 1.90. The lowest BCUT2D eigenvalue weighted by molar-refractivity contribution is -0.134. The van der Waals surface area contributed by atoms with Crippen LogP contribution in [0.15, 0.2) is 10.9 Å². The van der Waals surface area contributed by atoms with Crippen LogP contribution >= 0.6 is 0 Å². The first kappa shape index (κ1) is 13.1. The molecule has 6 nitrogen and oxygen atoms in total. The summed E-state index contributed by atoms with van der Waals surface area (Å²) >= 11 is 0. The molecular formula is C11H12F3N5O. The van der Waals surface area contributed by atoms with Gasteiger partial charge < -0.3 is 9.51 Å². The summed E-state index contributed by atoms with van der Waals surface area (Å²) < 4.78 is 41.4. The van der Waals surface area contributed by atoms with Crippen molar-refractivity contribution in [2.75, 3.05) is 0 Å². The molecule has 1 aliphatic heterocycles. The fourth-order valence-corrected chi connectivity index (χ4v) is 2.11. The Morgan fingerprint density at radius 2 is 2.25 bits per heavy atom. The molecule has 9 heteroatoms. The van der Waals surface area contributed by atoms with Crippen molar-refractivity contribution in [2.24, 2.45) is 0 Å². The molecule has 0 fully saturated rings. The molecule has 108 valence electrons. The minimum Gasteiger partial charge on any atom is -0.347 e. The number of halogens is 3. The number of rotatable bonds is 3. The Morgan fingerprint density at radius 1 is 1.40 bits per heavy atom. The van der Waals surface area contributed by atoms with Gasteiger partial charge in [0.2, 0.25) is 5.89 Å². The molecule has 0 radical (unpaired) electrons. The normalized spacial score (nSPS) is 19.1. The highest BCUT2D eigenvalue weighted by Crippen LogP contribution is 2.24. The Balaban J connectivity index is 1.66. The van der Waals surface area contributed by atoms with Gasteiger partial charge in [-0.1, -0.05) is 5.16 Å². The van der Waals surface area contributed by atoms with E-state index in [0.29, 0.717) is 18.9 Å². The lowest BCUT2D eigenvalue weighted by Gasteiger charge is -2.19. The molecule has 0 amide bonds. The zero-order chi connectivity index (χ0) is 14.2. The zero-order valence-corrected chi connectivity index (χ0v) is 10.4. The van der Waals surface area contributed by atoms with Crippen molar-refractivity contribution < 1.29 is 17.7 Å². The van der Waals surface area contributed by atoms with Crippen LogP contribution in [0.5, 0.6) is 0 Å². The minimum absolute atomic E-state index is 0.0759. The van der Waals surface area contributed by atoms with Gasteiger partial charge in [0.15, 0.2) is 5.82 Å². The summed E-state index contributed by atoms with van der Waals surface area (Å²) in [7, 11) is 0. The molecule has 2 aromatic heterocycles. The van der Waals surface area contributed by atoms with Gasteiger partial charge in [0.1, 0.15) is 0 Å². The topological polar surface area (TPSA) is 79.6 Å². The van der Waals surface area contributed by atoms with Gasteiger partial charge in [-0.15, -0.1) is 0 Å². The molecule has 0 saturated heterocycles. The Bertz CT molecular complexity index is 591. The van der Waals surface area contributed by atoms with Crippen LogP contribution in [0, 0.1) is 0 Å². The van der Waals surface area contributed by atoms with E-state index >= 15 is 0 Å². The maximum absolute atomic E-state index is 12.1. The number of alkyl halides is 3. The second-order valence-corrected chi connectivity index (χ2v) is 4.63. The van der Waals surface area contributed by atoms with E-state index in [1.807, 2.05) is 0 Å². The van der Waals surface area contributed by atoms with Crippen LogP contribution in [-0.4, -0.2) is 26.3 Å². The third-order valence-electron chi connectivity index (χ3n) is 3.14. The van der Waals surface area contributed by atoms with Gasteiger partial charge in [0.05, 0.1) is 30.2 Å². The van der Waals surface area contributed by atoms with E-state index in [1.165, 1.54) is 0 Å². The summed E-state index contributed by atoms with van der Waals surface area (Å²) in [6.45, 7) is 0.584. The number of aromatic nitrogens is 4.